The summed E-state index contributed by atoms with van der Waals surface area (Å²) in [6.07, 6.45) is 0.353. The number of phosphoric ester groups is 1. The summed E-state index contributed by atoms with van der Waals surface area (Å²) in [5, 5.41) is 0. The Labute approximate surface area is 175 Å². The van der Waals surface area contributed by atoms with E-state index in [4.69, 9.17) is 13.8 Å². The molecule has 8 heteroatoms. The maximum Gasteiger partial charge on any atom is 0.472 e. The average molecular weight is 431 g/mol. The molecular formula is C21H37NO6P+. The molecule has 7 nitrogen and oxygen atoms in total. The number of carbonyl (C=O) groups is 1. The van der Waals surface area contributed by atoms with Gasteiger partial charge in [-0.15, -0.1) is 0 Å². The monoisotopic (exact) mass is 430 g/mol. The van der Waals surface area contributed by atoms with E-state index in [1.54, 1.807) is 0 Å². The number of rotatable bonds is 12. The Morgan fingerprint density at radius 2 is 1.55 bits per heavy atom. The molecule has 29 heavy (non-hydrogen) atoms. The van der Waals surface area contributed by atoms with E-state index in [2.05, 4.69) is 27.7 Å². The van der Waals surface area contributed by atoms with Gasteiger partial charge in [-0.2, -0.15) is 0 Å². The van der Waals surface area contributed by atoms with Gasteiger partial charge < -0.3 is 14.1 Å². The topological polar surface area (TPSA) is 82.1 Å². The van der Waals surface area contributed by atoms with E-state index in [-0.39, 0.29) is 43.9 Å². The fourth-order valence-corrected chi connectivity index (χ4v) is 3.38. The van der Waals surface area contributed by atoms with E-state index in [1.807, 2.05) is 39.3 Å². The molecule has 0 amide bonds. The number of quaternary nitrogens is 1. The number of ether oxygens (including phenoxy) is 1. The van der Waals surface area contributed by atoms with Crippen molar-refractivity contribution in [2.45, 2.75) is 52.4 Å². The van der Waals surface area contributed by atoms with Crippen LogP contribution in [0.5, 0.6) is 5.75 Å². The van der Waals surface area contributed by atoms with Crippen molar-refractivity contribution in [1.29, 1.82) is 0 Å². The van der Waals surface area contributed by atoms with Crippen LogP contribution in [-0.2, 0) is 18.4 Å². The smallest absolute Gasteiger partial charge is 0.426 e. The number of benzene rings is 1. The van der Waals surface area contributed by atoms with Crippen molar-refractivity contribution in [2.24, 2.45) is 0 Å². The summed E-state index contributed by atoms with van der Waals surface area (Å²) in [6.45, 7) is 8.86. The fraction of sp³-hybridized carbons (Fsp3) is 0.667. The molecule has 0 aliphatic carbocycles. The second-order valence-corrected chi connectivity index (χ2v) is 10.3. The summed E-state index contributed by atoms with van der Waals surface area (Å²) in [7, 11) is 1.77. The molecule has 1 N–H and O–H groups in total. The lowest BCUT2D eigenvalue weighted by Gasteiger charge is -2.24. The molecule has 0 radical (unpaired) electrons. The third kappa shape index (κ3) is 9.87. The summed E-state index contributed by atoms with van der Waals surface area (Å²) < 4.78 is 28.0. The number of carbonyl (C=O) groups excluding carboxylic acids is 1. The highest BCUT2D eigenvalue weighted by molar-refractivity contribution is 7.47. The number of likely N-dealkylation sites (N-methyl/N-ethyl adjacent to an activating group) is 1. The Hall–Kier alpha value is -1.24. The van der Waals surface area contributed by atoms with Gasteiger partial charge in [-0.1, -0.05) is 45.9 Å². The summed E-state index contributed by atoms with van der Waals surface area (Å²) >= 11 is 0. The third-order valence-corrected chi connectivity index (χ3v) is 5.35. The van der Waals surface area contributed by atoms with E-state index < -0.39 is 7.82 Å². The van der Waals surface area contributed by atoms with Crippen LogP contribution in [0.15, 0.2) is 18.2 Å². The summed E-state index contributed by atoms with van der Waals surface area (Å²) in [5.41, 5.74) is 1.98. The Bertz CT molecular complexity index is 685. The van der Waals surface area contributed by atoms with Gasteiger partial charge in [0.1, 0.15) is 18.9 Å². The average Bonchev–Trinajstić information content (AvgIpc) is 2.57. The van der Waals surface area contributed by atoms with Crippen LogP contribution >= 0.6 is 7.82 Å². The lowest BCUT2D eigenvalue weighted by Crippen LogP contribution is -2.37. The molecule has 0 spiro atoms. The van der Waals surface area contributed by atoms with Crippen molar-refractivity contribution in [1.82, 2.24) is 0 Å². The number of para-hydroxylation sites is 1. The minimum absolute atomic E-state index is 0.0594. The Balaban J connectivity index is 2.54. The zero-order chi connectivity index (χ0) is 22.2. The van der Waals surface area contributed by atoms with Crippen LogP contribution in [-0.4, -0.2) is 56.2 Å². The molecule has 1 atom stereocenters. The molecule has 1 rings (SSSR count). The van der Waals surface area contributed by atoms with Gasteiger partial charge in [0, 0.05) is 6.42 Å². The highest BCUT2D eigenvalue weighted by atomic mass is 31.2. The van der Waals surface area contributed by atoms with Crippen molar-refractivity contribution in [3.05, 3.63) is 29.3 Å². The maximum atomic E-state index is 12.3. The van der Waals surface area contributed by atoms with E-state index in [9.17, 15) is 14.3 Å². The molecule has 0 saturated carbocycles. The zero-order valence-corrected chi connectivity index (χ0v) is 19.7. The number of hydrogen-bond acceptors (Lipinski definition) is 5. The van der Waals surface area contributed by atoms with Crippen LogP contribution in [0.4, 0.5) is 0 Å². The van der Waals surface area contributed by atoms with Gasteiger partial charge in [-0.25, -0.2) is 4.57 Å². The standard InChI is InChI=1S/C21H36NO6P/c1-16(2)18-10-8-11-19(17(3)4)21(18)28-20(23)12-9-14-26-29(24,25)27-15-13-22(5,6)7/h8,10-11,16-17H,9,12-15H2,1-7H3/p+1. The van der Waals surface area contributed by atoms with Gasteiger partial charge in [-0.05, 0) is 29.4 Å². The van der Waals surface area contributed by atoms with Crippen LogP contribution in [0.3, 0.4) is 0 Å². The molecule has 0 fully saturated rings. The SMILES string of the molecule is CC(C)c1cccc(C(C)C)c1OC(=O)CCCOP(=O)(O)OCC[N+](C)(C)C. The van der Waals surface area contributed by atoms with Crippen LogP contribution in [0.1, 0.15) is 63.5 Å². The van der Waals surface area contributed by atoms with Gasteiger partial charge in [0.25, 0.3) is 0 Å². The molecule has 0 heterocycles. The first kappa shape index (κ1) is 25.8. The summed E-state index contributed by atoms with van der Waals surface area (Å²) in [6, 6.07) is 5.92. The van der Waals surface area contributed by atoms with Crippen molar-refractivity contribution in [2.75, 3.05) is 40.9 Å². The first-order chi connectivity index (χ1) is 13.3. The molecule has 0 bridgehead atoms. The first-order valence-corrected chi connectivity index (χ1v) is 11.6. The molecule has 1 aromatic carbocycles. The Morgan fingerprint density at radius 3 is 2.03 bits per heavy atom. The van der Waals surface area contributed by atoms with Crippen LogP contribution < -0.4 is 4.74 Å². The minimum atomic E-state index is -4.11. The summed E-state index contributed by atoms with van der Waals surface area (Å²) in [4.78, 5) is 22.0. The van der Waals surface area contributed by atoms with E-state index in [1.165, 1.54) is 0 Å². The number of nitrogens with zero attached hydrogens (tertiary/aromatic N) is 1. The Kier molecular flexibility index (Phi) is 9.99. The zero-order valence-electron chi connectivity index (χ0n) is 18.8. The van der Waals surface area contributed by atoms with Crippen LogP contribution in [0, 0.1) is 0 Å². The van der Waals surface area contributed by atoms with Gasteiger partial charge in [-0.3, -0.25) is 13.8 Å². The number of esters is 1. The molecular weight excluding hydrogens is 393 g/mol. The van der Waals surface area contributed by atoms with Crippen molar-refractivity contribution < 1.29 is 32.5 Å². The van der Waals surface area contributed by atoms with Gasteiger partial charge in [0.15, 0.2) is 0 Å². The summed E-state index contributed by atoms with van der Waals surface area (Å²) in [5.74, 6) is 0.690. The largest absolute Gasteiger partial charge is 0.472 e. The van der Waals surface area contributed by atoms with E-state index >= 15 is 0 Å². The first-order valence-electron chi connectivity index (χ1n) is 10.1. The molecule has 0 aliphatic rings. The predicted octanol–water partition coefficient (Wildman–Crippen LogP) is 4.46. The van der Waals surface area contributed by atoms with Gasteiger partial charge in [0.05, 0.1) is 27.7 Å². The highest BCUT2D eigenvalue weighted by Crippen LogP contribution is 2.43. The van der Waals surface area contributed by atoms with Gasteiger partial charge >= 0.3 is 13.8 Å². The lowest BCUT2D eigenvalue weighted by atomic mass is 9.94. The van der Waals surface area contributed by atoms with E-state index in [0.717, 1.165) is 11.1 Å². The van der Waals surface area contributed by atoms with Crippen LogP contribution in [0.2, 0.25) is 0 Å². The minimum Gasteiger partial charge on any atom is -0.426 e. The van der Waals surface area contributed by atoms with Crippen molar-refractivity contribution in [3.8, 4) is 5.75 Å². The fourth-order valence-electron chi connectivity index (χ4n) is 2.63. The molecule has 1 unspecified atom stereocenters. The van der Waals surface area contributed by atoms with Gasteiger partial charge in [0.2, 0.25) is 0 Å². The second-order valence-electron chi connectivity index (χ2n) is 8.80. The highest BCUT2D eigenvalue weighted by Gasteiger charge is 2.23. The quantitative estimate of drug-likeness (QED) is 0.173. The Morgan fingerprint density at radius 1 is 1.03 bits per heavy atom. The third-order valence-electron chi connectivity index (χ3n) is 4.33. The predicted molar refractivity (Wildman–Crippen MR) is 114 cm³/mol. The van der Waals surface area contributed by atoms with Crippen molar-refractivity contribution >= 4 is 13.8 Å². The van der Waals surface area contributed by atoms with E-state index in [0.29, 0.717) is 16.8 Å². The maximum absolute atomic E-state index is 12.3. The number of phosphoric acid groups is 1. The van der Waals surface area contributed by atoms with Crippen LogP contribution in [0.25, 0.3) is 0 Å². The normalized spacial score (nSPS) is 14.3. The second kappa shape index (κ2) is 11.2. The number of hydrogen-bond donors (Lipinski definition) is 1. The van der Waals surface area contributed by atoms with Crippen molar-refractivity contribution in [3.63, 3.8) is 0 Å². The lowest BCUT2D eigenvalue weighted by molar-refractivity contribution is -0.870. The molecule has 0 aromatic heterocycles. The molecule has 166 valence electrons. The molecule has 0 aliphatic heterocycles. The molecule has 0 saturated heterocycles. The molecule has 1 aromatic rings.